The molecule has 6 heteroatoms. The second kappa shape index (κ2) is 5.86. The minimum absolute atomic E-state index is 0.0438. The molecule has 0 radical (unpaired) electrons. The van der Waals surface area contributed by atoms with Crippen LogP contribution >= 0.6 is 0 Å². The Balaban J connectivity index is 2.89. The molecule has 0 fully saturated rings. The summed E-state index contributed by atoms with van der Waals surface area (Å²) in [6.45, 7) is 2.05. The van der Waals surface area contributed by atoms with Gasteiger partial charge in [0.15, 0.2) is 0 Å². The third-order valence-corrected chi connectivity index (χ3v) is 3.64. The van der Waals surface area contributed by atoms with E-state index in [0.717, 1.165) is 11.8 Å². The molecular weight excluding hydrogens is 254 g/mol. The van der Waals surface area contributed by atoms with Crippen LogP contribution in [0.1, 0.15) is 18.4 Å². The van der Waals surface area contributed by atoms with E-state index in [1.165, 1.54) is 4.31 Å². The van der Waals surface area contributed by atoms with E-state index in [4.69, 9.17) is 5.11 Å². The lowest BCUT2D eigenvalue weighted by Crippen LogP contribution is -2.31. The molecule has 0 aromatic heterocycles. The highest BCUT2D eigenvalue weighted by atomic mass is 32.2. The van der Waals surface area contributed by atoms with Gasteiger partial charge in [0.05, 0.1) is 11.9 Å². The van der Waals surface area contributed by atoms with E-state index in [0.29, 0.717) is 5.69 Å². The molecule has 0 unspecified atom stereocenters. The van der Waals surface area contributed by atoms with Gasteiger partial charge in [0.1, 0.15) is 0 Å². The van der Waals surface area contributed by atoms with Gasteiger partial charge in [0.25, 0.3) is 0 Å². The highest BCUT2D eigenvalue weighted by molar-refractivity contribution is 7.92. The predicted molar refractivity (Wildman–Crippen MR) is 70.2 cm³/mol. The SMILES string of the molecule is Cc1cccc(N(CCCC(=O)O)S(C)(=O)=O)c1. The smallest absolute Gasteiger partial charge is 0.303 e. The molecule has 0 saturated carbocycles. The lowest BCUT2D eigenvalue weighted by Gasteiger charge is -2.22. The van der Waals surface area contributed by atoms with Crippen LogP contribution in [0, 0.1) is 6.92 Å². The summed E-state index contributed by atoms with van der Waals surface area (Å²) >= 11 is 0. The summed E-state index contributed by atoms with van der Waals surface area (Å²) in [5.74, 6) is -0.923. The Morgan fingerprint density at radius 1 is 1.39 bits per heavy atom. The van der Waals surface area contributed by atoms with E-state index < -0.39 is 16.0 Å². The zero-order chi connectivity index (χ0) is 13.8. The van der Waals surface area contributed by atoms with Crippen LogP contribution in [0.25, 0.3) is 0 Å². The molecular formula is C12H17NO4S. The Bertz CT molecular complexity index is 525. The monoisotopic (exact) mass is 271 g/mol. The third kappa shape index (κ3) is 4.37. The summed E-state index contributed by atoms with van der Waals surface area (Å²) in [7, 11) is -3.39. The standard InChI is InChI=1S/C12H17NO4S/c1-10-5-3-6-11(9-10)13(18(2,16)17)8-4-7-12(14)15/h3,5-6,9H,4,7-8H2,1-2H3,(H,14,15). The maximum Gasteiger partial charge on any atom is 0.303 e. The number of sulfonamides is 1. The number of hydrogen-bond acceptors (Lipinski definition) is 3. The highest BCUT2D eigenvalue weighted by Crippen LogP contribution is 2.19. The molecule has 1 aromatic rings. The Morgan fingerprint density at radius 3 is 2.56 bits per heavy atom. The fourth-order valence-electron chi connectivity index (χ4n) is 1.64. The molecule has 1 N–H and O–H groups in total. The number of carboxylic acids is 1. The molecule has 0 spiro atoms. The summed E-state index contributed by atoms with van der Waals surface area (Å²) in [4.78, 5) is 10.5. The second-order valence-corrected chi connectivity index (χ2v) is 6.08. The Labute approximate surface area is 107 Å². The van der Waals surface area contributed by atoms with Crippen LogP contribution in [0.4, 0.5) is 5.69 Å². The molecule has 5 nitrogen and oxygen atoms in total. The maximum atomic E-state index is 11.7. The van der Waals surface area contributed by atoms with Crippen molar-refractivity contribution in [2.75, 3.05) is 17.1 Å². The van der Waals surface area contributed by atoms with Gasteiger partial charge in [-0.2, -0.15) is 0 Å². The van der Waals surface area contributed by atoms with Gasteiger partial charge in [-0.3, -0.25) is 9.10 Å². The first-order chi connectivity index (χ1) is 8.30. The molecule has 0 aliphatic heterocycles. The molecule has 1 rings (SSSR count). The number of rotatable bonds is 6. The van der Waals surface area contributed by atoms with Gasteiger partial charge in [-0.1, -0.05) is 12.1 Å². The molecule has 0 aliphatic carbocycles. The molecule has 0 amide bonds. The number of nitrogens with zero attached hydrogens (tertiary/aromatic N) is 1. The van der Waals surface area contributed by atoms with E-state index in [1.807, 2.05) is 13.0 Å². The lowest BCUT2D eigenvalue weighted by molar-refractivity contribution is -0.137. The minimum Gasteiger partial charge on any atom is -0.481 e. The molecule has 0 bridgehead atoms. The van der Waals surface area contributed by atoms with Crippen molar-refractivity contribution in [3.05, 3.63) is 29.8 Å². The van der Waals surface area contributed by atoms with Crippen LogP contribution in [-0.4, -0.2) is 32.3 Å². The summed E-state index contributed by atoms with van der Waals surface area (Å²) in [5, 5.41) is 8.58. The topological polar surface area (TPSA) is 74.7 Å². The fraction of sp³-hybridized carbons (Fsp3) is 0.417. The first-order valence-corrected chi connectivity index (χ1v) is 7.41. The number of benzene rings is 1. The predicted octanol–water partition coefficient (Wildman–Crippen LogP) is 1.63. The van der Waals surface area contributed by atoms with Gasteiger partial charge in [-0.05, 0) is 31.0 Å². The van der Waals surface area contributed by atoms with Crippen LogP contribution in [0.15, 0.2) is 24.3 Å². The van der Waals surface area contributed by atoms with Crippen molar-refractivity contribution in [1.29, 1.82) is 0 Å². The Kier molecular flexibility index (Phi) is 4.72. The summed E-state index contributed by atoms with van der Waals surface area (Å²) < 4.78 is 24.6. The van der Waals surface area contributed by atoms with E-state index in [-0.39, 0.29) is 19.4 Å². The van der Waals surface area contributed by atoms with Gasteiger partial charge in [-0.25, -0.2) is 8.42 Å². The van der Waals surface area contributed by atoms with Crippen molar-refractivity contribution in [3.63, 3.8) is 0 Å². The van der Waals surface area contributed by atoms with E-state index in [9.17, 15) is 13.2 Å². The van der Waals surface area contributed by atoms with Gasteiger partial charge in [0.2, 0.25) is 10.0 Å². The van der Waals surface area contributed by atoms with Crippen molar-refractivity contribution in [3.8, 4) is 0 Å². The largest absolute Gasteiger partial charge is 0.481 e. The first kappa shape index (κ1) is 14.5. The van der Waals surface area contributed by atoms with Crippen LogP contribution < -0.4 is 4.31 Å². The van der Waals surface area contributed by atoms with Crippen molar-refractivity contribution in [2.45, 2.75) is 19.8 Å². The molecule has 100 valence electrons. The van der Waals surface area contributed by atoms with E-state index in [1.54, 1.807) is 18.2 Å². The fourth-order valence-corrected chi connectivity index (χ4v) is 2.60. The number of aryl methyl sites for hydroxylation is 1. The van der Waals surface area contributed by atoms with Gasteiger partial charge in [-0.15, -0.1) is 0 Å². The number of carboxylic acid groups (broad SMARTS) is 1. The highest BCUT2D eigenvalue weighted by Gasteiger charge is 2.17. The normalized spacial score (nSPS) is 11.2. The van der Waals surface area contributed by atoms with Gasteiger partial charge < -0.3 is 5.11 Å². The number of carbonyl (C=O) groups is 1. The first-order valence-electron chi connectivity index (χ1n) is 5.57. The molecule has 1 aromatic carbocycles. The van der Waals surface area contributed by atoms with Crippen molar-refractivity contribution >= 4 is 21.7 Å². The second-order valence-electron chi connectivity index (χ2n) is 4.17. The summed E-state index contributed by atoms with van der Waals surface area (Å²) in [6, 6.07) is 7.12. The zero-order valence-corrected chi connectivity index (χ0v) is 11.3. The molecule has 18 heavy (non-hydrogen) atoms. The number of aliphatic carboxylic acids is 1. The van der Waals surface area contributed by atoms with Crippen LogP contribution in [0.2, 0.25) is 0 Å². The van der Waals surface area contributed by atoms with Crippen LogP contribution in [0.5, 0.6) is 0 Å². The van der Waals surface area contributed by atoms with E-state index in [2.05, 4.69) is 0 Å². The van der Waals surface area contributed by atoms with Crippen LogP contribution in [0.3, 0.4) is 0 Å². The van der Waals surface area contributed by atoms with Gasteiger partial charge >= 0.3 is 5.97 Å². The quantitative estimate of drug-likeness (QED) is 0.853. The van der Waals surface area contributed by atoms with E-state index >= 15 is 0 Å². The van der Waals surface area contributed by atoms with Crippen molar-refractivity contribution < 1.29 is 18.3 Å². The Hall–Kier alpha value is -1.56. The number of anilines is 1. The molecule has 0 heterocycles. The summed E-state index contributed by atoms with van der Waals surface area (Å²) in [5.41, 5.74) is 1.53. The summed E-state index contributed by atoms with van der Waals surface area (Å²) in [6.07, 6.45) is 1.37. The average Bonchev–Trinajstić information content (AvgIpc) is 2.22. The molecule has 0 saturated heterocycles. The average molecular weight is 271 g/mol. The molecule has 0 atom stereocenters. The molecule has 0 aliphatic rings. The van der Waals surface area contributed by atoms with Crippen molar-refractivity contribution in [2.24, 2.45) is 0 Å². The van der Waals surface area contributed by atoms with Gasteiger partial charge in [0, 0.05) is 13.0 Å². The zero-order valence-electron chi connectivity index (χ0n) is 10.5. The maximum absolute atomic E-state index is 11.7. The van der Waals surface area contributed by atoms with Crippen molar-refractivity contribution in [1.82, 2.24) is 0 Å². The number of hydrogen-bond donors (Lipinski definition) is 1. The minimum atomic E-state index is -3.39. The lowest BCUT2D eigenvalue weighted by atomic mass is 10.2. The Morgan fingerprint density at radius 2 is 2.06 bits per heavy atom. The van der Waals surface area contributed by atoms with Crippen LogP contribution in [-0.2, 0) is 14.8 Å². The third-order valence-electron chi connectivity index (χ3n) is 2.44.